The zero-order valence-corrected chi connectivity index (χ0v) is 11.7. The van der Waals surface area contributed by atoms with Crippen LogP contribution in [0.2, 0.25) is 10.0 Å². The van der Waals surface area contributed by atoms with Crippen LogP contribution >= 0.6 is 46.1 Å². The van der Waals surface area contributed by atoms with Crippen molar-refractivity contribution in [1.29, 1.82) is 0 Å². The normalized spacial score (nSPS) is 10.5. The molecule has 0 aliphatic heterocycles. The largest absolute Gasteiger partial charge is 0.486 e. The van der Waals surface area contributed by atoms with E-state index >= 15 is 0 Å². The van der Waals surface area contributed by atoms with Crippen molar-refractivity contribution in [3.8, 4) is 5.75 Å². The molecule has 0 amide bonds. The molecule has 1 aromatic heterocycles. The van der Waals surface area contributed by atoms with Crippen LogP contribution in [0.15, 0.2) is 23.6 Å². The lowest BCUT2D eigenvalue weighted by atomic mass is 10.3. The van der Waals surface area contributed by atoms with Gasteiger partial charge >= 0.3 is 0 Å². The summed E-state index contributed by atoms with van der Waals surface area (Å²) in [5.41, 5.74) is 0.861. The summed E-state index contributed by atoms with van der Waals surface area (Å²) < 4.78 is 5.55. The van der Waals surface area contributed by atoms with Crippen LogP contribution in [0.1, 0.15) is 10.7 Å². The maximum atomic E-state index is 5.86. The summed E-state index contributed by atoms with van der Waals surface area (Å²) in [6.07, 6.45) is 0. The maximum Gasteiger partial charge on any atom is 0.140 e. The number of aromatic nitrogens is 1. The second-order valence-electron chi connectivity index (χ2n) is 3.26. The van der Waals surface area contributed by atoms with Crippen molar-refractivity contribution < 1.29 is 4.74 Å². The highest BCUT2D eigenvalue weighted by Gasteiger charge is 2.03. The van der Waals surface area contributed by atoms with Crippen molar-refractivity contribution in [1.82, 2.24) is 4.98 Å². The van der Waals surface area contributed by atoms with Gasteiger partial charge in [0.15, 0.2) is 0 Å². The van der Waals surface area contributed by atoms with Gasteiger partial charge in [-0.25, -0.2) is 4.98 Å². The highest BCUT2D eigenvalue weighted by molar-refractivity contribution is 7.09. The molecule has 0 unspecified atom stereocenters. The Hall–Kier alpha value is -0.480. The molecule has 0 bridgehead atoms. The van der Waals surface area contributed by atoms with Crippen LogP contribution in [-0.4, -0.2) is 4.98 Å². The Bertz CT molecular complexity index is 495. The van der Waals surface area contributed by atoms with Gasteiger partial charge in [-0.05, 0) is 18.2 Å². The molecule has 17 heavy (non-hydrogen) atoms. The number of ether oxygens (including phenoxy) is 1. The highest BCUT2D eigenvalue weighted by Crippen LogP contribution is 2.25. The molecule has 6 heteroatoms. The molecule has 0 spiro atoms. The van der Waals surface area contributed by atoms with Gasteiger partial charge in [-0.2, -0.15) is 0 Å². The molecule has 0 saturated carbocycles. The number of alkyl halides is 1. The fourth-order valence-electron chi connectivity index (χ4n) is 1.23. The third-order valence-electron chi connectivity index (χ3n) is 1.93. The number of thiazole rings is 1. The zero-order chi connectivity index (χ0) is 12.3. The van der Waals surface area contributed by atoms with Gasteiger partial charge in [0.25, 0.3) is 0 Å². The molecule has 0 N–H and O–H groups in total. The number of hydrogen-bond donors (Lipinski definition) is 0. The molecule has 90 valence electrons. The summed E-state index contributed by atoms with van der Waals surface area (Å²) in [6.45, 7) is 0.387. The third-order valence-corrected chi connectivity index (χ3v) is 3.52. The van der Waals surface area contributed by atoms with E-state index in [1.54, 1.807) is 18.2 Å². The molecule has 0 saturated heterocycles. The minimum Gasteiger partial charge on any atom is -0.486 e. The van der Waals surface area contributed by atoms with E-state index in [0.717, 1.165) is 10.7 Å². The lowest BCUT2D eigenvalue weighted by Crippen LogP contribution is -1.95. The monoisotopic (exact) mass is 307 g/mol. The summed E-state index contributed by atoms with van der Waals surface area (Å²) in [5, 5.41) is 3.88. The van der Waals surface area contributed by atoms with Gasteiger partial charge in [-0.3, -0.25) is 0 Å². The third kappa shape index (κ3) is 3.75. The van der Waals surface area contributed by atoms with Crippen molar-refractivity contribution in [2.45, 2.75) is 12.5 Å². The van der Waals surface area contributed by atoms with Crippen molar-refractivity contribution in [2.75, 3.05) is 0 Å². The summed E-state index contributed by atoms with van der Waals surface area (Å²) in [5.74, 6) is 1.05. The van der Waals surface area contributed by atoms with Crippen molar-refractivity contribution >= 4 is 46.1 Å². The summed E-state index contributed by atoms with van der Waals surface area (Å²) >= 11 is 18.9. The second kappa shape index (κ2) is 5.91. The molecule has 1 heterocycles. The quantitative estimate of drug-likeness (QED) is 0.759. The molecular weight excluding hydrogens is 301 g/mol. The van der Waals surface area contributed by atoms with Gasteiger partial charge in [0.1, 0.15) is 17.4 Å². The average Bonchev–Trinajstić information content (AvgIpc) is 2.73. The van der Waals surface area contributed by atoms with E-state index in [0.29, 0.717) is 28.3 Å². The number of nitrogens with zero attached hydrogens (tertiary/aromatic N) is 1. The van der Waals surface area contributed by atoms with E-state index in [1.807, 2.05) is 5.38 Å². The summed E-state index contributed by atoms with van der Waals surface area (Å²) in [4.78, 5) is 4.28. The van der Waals surface area contributed by atoms with Gasteiger partial charge < -0.3 is 4.74 Å². The standard InChI is InChI=1S/C11H8Cl3NOS/c12-4-9-6-17-11(15-9)5-16-10-2-7(13)1-8(14)3-10/h1-3,6H,4-5H2. The Kier molecular flexibility index (Phi) is 4.51. The molecule has 2 rings (SSSR count). The number of rotatable bonds is 4. The van der Waals surface area contributed by atoms with Gasteiger partial charge in [-0.1, -0.05) is 23.2 Å². The minimum atomic E-state index is 0.387. The number of hydrogen-bond acceptors (Lipinski definition) is 3. The molecule has 0 fully saturated rings. The first-order valence-electron chi connectivity index (χ1n) is 4.75. The van der Waals surface area contributed by atoms with Crippen LogP contribution in [0.5, 0.6) is 5.75 Å². The Morgan fingerprint density at radius 1 is 1.18 bits per heavy atom. The smallest absolute Gasteiger partial charge is 0.140 e. The van der Waals surface area contributed by atoms with Crippen LogP contribution < -0.4 is 4.74 Å². The zero-order valence-electron chi connectivity index (χ0n) is 8.62. The Morgan fingerprint density at radius 2 is 1.88 bits per heavy atom. The van der Waals surface area contributed by atoms with Crippen LogP contribution in [0.3, 0.4) is 0 Å². The molecule has 0 radical (unpaired) electrons. The molecule has 2 aromatic rings. The number of halogens is 3. The van der Waals surface area contributed by atoms with Crippen LogP contribution in [0.4, 0.5) is 0 Å². The molecule has 0 atom stereocenters. The van der Waals surface area contributed by atoms with Gasteiger partial charge in [0.05, 0.1) is 11.6 Å². The van der Waals surface area contributed by atoms with E-state index in [9.17, 15) is 0 Å². The molecule has 0 aliphatic rings. The van der Waals surface area contributed by atoms with E-state index in [2.05, 4.69) is 4.98 Å². The van der Waals surface area contributed by atoms with Crippen molar-refractivity contribution in [2.24, 2.45) is 0 Å². The van der Waals surface area contributed by atoms with Crippen LogP contribution in [-0.2, 0) is 12.5 Å². The minimum absolute atomic E-state index is 0.387. The maximum absolute atomic E-state index is 5.86. The first kappa shape index (κ1) is 13.0. The fraction of sp³-hybridized carbons (Fsp3) is 0.182. The fourth-order valence-corrected chi connectivity index (χ4v) is 2.67. The predicted octanol–water partition coefficient (Wildman–Crippen LogP) is 4.77. The molecule has 0 aliphatic carbocycles. The van der Waals surface area contributed by atoms with E-state index in [4.69, 9.17) is 39.5 Å². The Labute approximate surface area is 118 Å². The lowest BCUT2D eigenvalue weighted by molar-refractivity contribution is 0.305. The van der Waals surface area contributed by atoms with E-state index in [1.165, 1.54) is 11.3 Å². The Morgan fingerprint density at radius 3 is 2.47 bits per heavy atom. The van der Waals surface area contributed by atoms with Gasteiger partial charge in [0.2, 0.25) is 0 Å². The first-order chi connectivity index (χ1) is 8.17. The highest BCUT2D eigenvalue weighted by atomic mass is 35.5. The summed E-state index contributed by atoms with van der Waals surface area (Å²) in [7, 11) is 0. The number of benzene rings is 1. The molecule has 2 nitrogen and oxygen atoms in total. The van der Waals surface area contributed by atoms with Crippen LogP contribution in [0.25, 0.3) is 0 Å². The van der Waals surface area contributed by atoms with Crippen LogP contribution in [0, 0.1) is 0 Å². The predicted molar refractivity (Wildman–Crippen MR) is 72.5 cm³/mol. The van der Waals surface area contributed by atoms with Crippen molar-refractivity contribution in [3.63, 3.8) is 0 Å². The molecule has 1 aromatic carbocycles. The van der Waals surface area contributed by atoms with E-state index in [-0.39, 0.29) is 0 Å². The van der Waals surface area contributed by atoms with E-state index < -0.39 is 0 Å². The van der Waals surface area contributed by atoms with Crippen molar-refractivity contribution in [3.05, 3.63) is 44.3 Å². The van der Waals surface area contributed by atoms with Gasteiger partial charge in [0, 0.05) is 15.4 Å². The SMILES string of the molecule is ClCc1csc(COc2cc(Cl)cc(Cl)c2)n1. The first-order valence-corrected chi connectivity index (χ1v) is 6.92. The molecular formula is C11H8Cl3NOS. The lowest BCUT2D eigenvalue weighted by Gasteiger charge is -2.04. The summed E-state index contributed by atoms with van der Waals surface area (Å²) in [6, 6.07) is 5.08. The topological polar surface area (TPSA) is 22.1 Å². The Balaban J connectivity index is 2.01. The van der Waals surface area contributed by atoms with Gasteiger partial charge in [-0.15, -0.1) is 22.9 Å². The average molecular weight is 309 g/mol. The second-order valence-corrected chi connectivity index (χ2v) is 5.34.